The third kappa shape index (κ3) is 14.7. The summed E-state index contributed by atoms with van der Waals surface area (Å²) in [6, 6.07) is 13.4. The molecule has 0 bridgehead atoms. The molecular weight excluding hydrogens is 677 g/mol. The molecule has 0 saturated carbocycles. The largest absolute Gasteiger partial charge is 0.422 e. The zero-order valence-corrected chi connectivity index (χ0v) is 32.5. The zero-order chi connectivity index (χ0) is 36.7. The maximum Gasteiger partial charge on any atom is 0.404 e. The number of benzene rings is 2. The lowest BCUT2D eigenvalue weighted by Crippen LogP contribution is -2.26. The maximum absolute atomic E-state index is 14.3. The van der Waals surface area contributed by atoms with Gasteiger partial charge in [0.05, 0.1) is 38.8 Å². The van der Waals surface area contributed by atoms with Crippen molar-refractivity contribution in [3.8, 4) is 5.75 Å². The van der Waals surface area contributed by atoms with E-state index in [1.165, 1.54) is 96.2 Å². The summed E-state index contributed by atoms with van der Waals surface area (Å²) in [4.78, 5) is 12.7. The van der Waals surface area contributed by atoms with Crippen LogP contribution in [0.5, 0.6) is 5.75 Å². The van der Waals surface area contributed by atoms with Crippen molar-refractivity contribution in [2.75, 3.05) is 45.6 Å². The van der Waals surface area contributed by atoms with Gasteiger partial charge in [0.15, 0.2) is 17.8 Å². The summed E-state index contributed by atoms with van der Waals surface area (Å²) < 4.78 is 45.6. The maximum atomic E-state index is 14.3. The quantitative estimate of drug-likeness (QED) is 0.0407. The molecule has 2 heterocycles. The molecule has 0 spiro atoms. The van der Waals surface area contributed by atoms with E-state index in [0.29, 0.717) is 42.5 Å². The Bertz CT molecular complexity index is 1600. The zero-order valence-electron chi connectivity index (χ0n) is 31.6. The first kappa shape index (κ1) is 41.7. The molecule has 2 aromatic heterocycles. The second-order valence-electron chi connectivity index (χ2n) is 13.6. The second-order valence-corrected chi connectivity index (χ2v) is 15.6. The van der Waals surface area contributed by atoms with Gasteiger partial charge in [0.2, 0.25) is 0 Å². The van der Waals surface area contributed by atoms with E-state index in [1.54, 1.807) is 24.1 Å². The highest BCUT2D eigenvalue weighted by Crippen LogP contribution is 2.50. The van der Waals surface area contributed by atoms with Crippen LogP contribution < -0.4 is 10.3 Å². The van der Waals surface area contributed by atoms with Crippen LogP contribution in [0.4, 0.5) is 5.82 Å². The van der Waals surface area contributed by atoms with Gasteiger partial charge in [0.25, 0.3) is 0 Å². The lowest BCUT2D eigenvalue weighted by molar-refractivity contribution is 0.00178. The van der Waals surface area contributed by atoms with Gasteiger partial charge in [0, 0.05) is 19.1 Å². The Kier molecular flexibility index (Phi) is 19.5. The predicted molar refractivity (Wildman–Crippen MR) is 210 cm³/mol. The number of rotatable bonds is 30. The van der Waals surface area contributed by atoms with Crippen LogP contribution in [-0.2, 0) is 29.8 Å². The van der Waals surface area contributed by atoms with Crippen LogP contribution in [0.1, 0.15) is 110 Å². The van der Waals surface area contributed by atoms with Crippen molar-refractivity contribution in [1.82, 2.24) is 19.5 Å². The number of imidazole rings is 1. The summed E-state index contributed by atoms with van der Waals surface area (Å²) in [6.07, 6.45) is 23.6. The first-order valence-corrected chi connectivity index (χ1v) is 21.3. The van der Waals surface area contributed by atoms with Crippen LogP contribution in [0, 0.1) is 0 Å². The Labute approximate surface area is 310 Å². The molecule has 0 saturated heterocycles. The van der Waals surface area contributed by atoms with Gasteiger partial charge in [-0.3, -0.25) is 4.52 Å². The smallest absolute Gasteiger partial charge is 0.404 e. The fourth-order valence-electron chi connectivity index (χ4n) is 6.39. The molecule has 0 aliphatic heterocycles. The Balaban J connectivity index is 1.17. The minimum atomic E-state index is -3.79. The lowest BCUT2D eigenvalue weighted by atomic mass is 10.0. The summed E-state index contributed by atoms with van der Waals surface area (Å²) in [5.74, 6) is 0.765. The van der Waals surface area contributed by atoms with Crippen LogP contribution >= 0.6 is 7.60 Å². The van der Waals surface area contributed by atoms with Crippen molar-refractivity contribution in [2.24, 2.45) is 0 Å². The van der Waals surface area contributed by atoms with Crippen LogP contribution in [0.2, 0.25) is 0 Å². The monoisotopic (exact) mass is 739 g/mol. The van der Waals surface area contributed by atoms with Crippen LogP contribution in [0.3, 0.4) is 0 Å². The van der Waals surface area contributed by atoms with Crippen molar-refractivity contribution in [3.05, 3.63) is 55.1 Å². The van der Waals surface area contributed by atoms with Crippen LogP contribution in [0.25, 0.3) is 21.9 Å². The average molecular weight is 740 g/mol. The molecule has 2 N–H and O–H groups in total. The molecule has 1 unspecified atom stereocenters. The molecule has 52 heavy (non-hydrogen) atoms. The summed E-state index contributed by atoms with van der Waals surface area (Å²) in [5, 5.41) is 1.81. The number of nitrogens with zero attached hydrogens (tertiary/aromatic N) is 4. The van der Waals surface area contributed by atoms with E-state index in [2.05, 4.69) is 21.9 Å². The minimum absolute atomic E-state index is 0.113. The van der Waals surface area contributed by atoms with E-state index >= 15 is 0 Å². The summed E-state index contributed by atoms with van der Waals surface area (Å²) >= 11 is 0. The number of anilines is 1. The van der Waals surface area contributed by atoms with Gasteiger partial charge in [-0.15, -0.1) is 0 Å². The Morgan fingerprint density at radius 2 is 1.42 bits per heavy atom. The minimum Gasteiger partial charge on any atom is -0.422 e. The van der Waals surface area contributed by atoms with Crippen LogP contribution in [-0.4, -0.2) is 65.5 Å². The molecule has 0 radical (unpaired) electrons. The standard InChI is InChI=1S/C40H62N5O6P/c1-3-4-5-6-7-8-9-10-11-12-13-14-15-16-17-20-26-48-27-28-50-52(46,51-37-25-21-23-34-22-18-19-24-36(34)37)33-49-35(30-47-2)29-45-32-44-38-39(41)42-31-43-40(38)45/h18-19,21-25,31-32,35H,3-17,20,26-30,33H2,1-2H3,(H2,41,42,43)/t35-,52?/m0/s1. The number of aromatic nitrogens is 4. The molecule has 0 aliphatic rings. The Morgan fingerprint density at radius 3 is 2.12 bits per heavy atom. The molecule has 4 aromatic rings. The first-order valence-electron chi connectivity index (χ1n) is 19.5. The highest BCUT2D eigenvalue weighted by Gasteiger charge is 2.30. The number of unbranched alkanes of at least 4 members (excludes halogenated alkanes) is 15. The molecule has 0 fully saturated rings. The van der Waals surface area contributed by atoms with E-state index in [-0.39, 0.29) is 19.6 Å². The SMILES string of the molecule is CCCCCCCCCCCCCCCCCCOCCOP(=O)(CO[C@H](COC)Cn1cnc2c(N)ncnc21)Oc1cccc2ccccc12. The van der Waals surface area contributed by atoms with E-state index in [4.69, 9.17) is 29.0 Å². The highest BCUT2D eigenvalue weighted by molar-refractivity contribution is 7.54. The van der Waals surface area contributed by atoms with Crippen molar-refractivity contribution in [3.63, 3.8) is 0 Å². The van der Waals surface area contributed by atoms with Gasteiger partial charge >= 0.3 is 7.60 Å². The molecule has 2 aromatic carbocycles. The normalized spacial score (nSPS) is 13.5. The molecule has 4 rings (SSSR count). The first-order chi connectivity index (χ1) is 25.5. The second kappa shape index (κ2) is 24.3. The topological polar surface area (TPSA) is 133 Å². The van der Waals surface area contributed by atoms with Gasteiger partial charge in [-0.1, -0.05) is 140 Å². The van der Waals surface area contributed by atoms with Crippen molar-refractivity contribution < 1.29 is 27.8 Å². The highest BCUT2D eigenvalue weighted by atomic mass is 31.2. The fraction of sp³-hybridized carbons (Fsp3) is 0.625. The molecular formula is C40H62N5O6P. The van der Waals surface area contributed by atoms with Crippen molar-refractivity contribution >= 4 is 35.3 Å². The third-order valence-corrected chi connectivity index (χ3v) is 10.8. The average Bonchev–Trinajstić information content (AvgIpc) is 3.57. The molecule has 288 valence electrons. The summed E-state index contributed by atoms with van der Waals surface area (Å²) in [6.45, 7) is 3.91. The van der Waals surface area contributed by atoms with E-state index < -0.39 is 13.7 Å². The number of hydrogen-bond donors (Lipinski definition) is 1. The van der Waals surface area contributed by atoms with Gasteiger partial charge < -0.3 is 29.0 Å². The fourth-order valence-corrected chi connectivity index (χ4v) is 7.78. The van der Waals surface area contributed by atoms with Crippen LogP contribution in [0.15, 0.2) is 55.1 Å². The van der Waals surface area contributed by atoms with Gasteiger partial charge in [-0.25, -0.2) is 19.5 Å². The number of methoxy groups -OCH3 is 1. The number of ether oxygens (including phenoxy) is 3. The number of nitrogens with two attached hydrogens (primary N) is 1. The summed E-state index contributed by atoms with van der Waals surface area (Å²) in [5.41, 5.74) is 7.05. The van der Waals surface area contributed by atoms with Gasteiger partial charge in [-0.05, 0) is 17.9 Å². The predicted octanol–water partition coefficient (Wildman–Crippen LogP) is 10.1. The Hall–Kier alpha value is -3.08. The van der Waals surface area contributed by atoms with E-state index in [0.717, 1.165) is 23.6 Å². The van der Waals surface area contributed by atoms with E-state index in [1.807, 2.05) is 36.4 Å². The van der Waals surface area contributed by atoms with E-state index in [9.17, 15) is 4.57 Å². The number of fused-ring (bicyclic) bond motifs is 2. The number of hydrogen-bond acceptors (Lipinski definition) is 10. The summed E-state index contributed by atoms with van der Waals surface area (Å²) in [7, 11) is -2.21. The molecule has 2 atom stereocenters. The molecule has 0 aliphatic carbocycles. The molecule has 0 amide bonds. The van der Waals surface area contributed by atoms with Crippen molar-refractivity contribution in [2.45, 2.75) is 122 Å². The molecule has 12 heteroatoms. The van der Waals surface area contributed by atoms with Gasteiger partial charge in [0.1, 0.15) is 17.6 Å². The number of nitrogen functional groups attached to an aromatic ring is 1. The molecule has 11 nitrogen and oxygen atoms in total. The third-order valence-electron chi connectivity index (χ3n) is 9.30. The lowest BCUT2D eigenvalue weighted by Gasteiger charge is -2.24. The van der Waals surface area contributed by atoms with Crippen molar-refractivity contribution in [1.29, 1.82) is 0 Å². The van der Waals surface area contributed by atoms with Gasteiger partial charge in [-0.2, -0.15) is 0 Å². The Morgan fingerprint density at radius 1 is 0.769 bits per heavy atom.